The Balaban J connectivity index is 1.97. The molecular formula is C18H21NOS. The number of nitrogens with two attached hydrogens (primary N) is 1. The maximum Gasteiger partial charge on any atom is 0.119 e. The molecule has 0 bridgehead atoms. The van der Waals surface area contributed by atoms with Gasteiger partial charge in [0.15, 0.2) is 0 Å². The SMILES string of the molecule is CC(C(N)=S)C(C)c1ccc(OCc2ccccc2)cc1. The predicted molar refractivity (Wildman–Crippen MR) is 91.6 cm³/mol. The molecule has 0 amide bonds. The monoisotopic (exact) mass is 299 g/mol. The van der Waals surface area contributed by atoms with Crippen molar-refractivity contribution in [1.82, 2.24) is 0 Å². The molecule has 0 aliphatic rings. The first kappa shape index (κ1) is 15.5. The number of rotatable bonds is 6. The van der Waals surface area contributed by atoms with Crippen LogP contribution in [0.25, 0.3) is 0 Å². The third-order valence-corrected chi connectivity index (χ3v) is 4.22. The molecule has 0 radical (unpaired) electrons. The van der Waals surface area contributed by atoms with Gasteiger partial charge in [-0.3, -0.25) is 0 Å². The highest BCUT2D eigenvalue weighted by molar-refractivity contribution is 7.80. The van der Waals surface area contributed by atoms with Gasteiger partial charge in [-0.25, -0.2) is 0 Å². The van der Waals surface area contributed by atoms with Gasteiger partial charge < -0.3 is 10.5 Å². The van der Waals surface area contributed by atoms with Crippen molar-refractivity contribution < 1.29 is 4.74 Å². The first-order chi connectivity index (χ1) is 10.1. The van der Waals surface area contributed by atoms with Crippen molar-refractivity contribution in [2.45, 2.75) is 26.4 Å². The summed E-state index contributed by atoms with van der Waals surface area (Å²) in [5.74, 6) is 1.37. The first-order valence-corrected chi connectivity index (χ1v) is 7.54. The van der Waals surface area contributed by atoms with Gasteiger partial charge in [-0.1, -0.05) is 68.5 Å². The fourth-order valence-corrected chi connectivity index (χ4v) is 2.35. The summed E-state index contributed by atoms with van der Waals surface area (Å²) in [6, 6.07) is 18.3. The van der Waals surface area contributed by atoms with E-state index in [1.54, 1.807) is 0 Å². The third kappa shape index (κ3) is 4.30. The summed E-state index contributed by atoms with van der Waals surface area (Å²) >= 11 is 5.07. The third-order valence-electron chi connectivity index (χ3n) is 3.85. The fourth-order valence-electron chi connectivity index (χ4n) is 2.14. The van der Waals surface area contributed by atoms with E-state index in [1.165, 1.54) is 5.56 Å². The van der Waals surface area contributed by atoms with Gasteiger partial charge in [0.2, 0.25) is 0 Å². The van der Waals surface area contributed by atoms with Crippen molar-refractivity contribution >= 4 is 17.2 Å². The lowest BCUT2D eigenvalue weighted by atomic mass is 9.89. The van der Waals surface area contributed by atoms with Crippen molar-refractivity contribution in [2.24, 2.45) is 11.7 Å². The molecule has 0 saturated carbocycles. The molecule has 2 N–H and O–H groups in total. The Hall–Kier alpha value is -1.87. The van der Waals surface area contributed by atoms with E-state index in [4.69, 9.17) is 22.7 Å². The molecule has 2 aromatic carbocycles. The second-order valence-electron chi connectivity index (χ2n) is 5.32. The minimum atomic E-state index is 0.191. The van der Waals surface area contributed by atoms with Crippen LogP contribution in [0, 0.1) is 5.92 Å². The zero-order valence-corrected chi connectivity index (χ0v) is 13.3. The molecule has 0 saturated heterocycles. The maximum absolute atomic E-state index is 5.78. The van der Waals surface area contributed by atoms with Crippen molar-refractivity contribution in [3.05, 3.63) is 65.7 Å². The molecule has 0 aromatic heterocycles. The summed E-state index contributed by atoms with van der Waals surface area (Å²) in [5, 5.41) is 0. The van der Waals surface area contributed by atoms with Crippen LogP contribution in [-0.2, 0) is 6.61 Å². The van der Waals surface area contributed by atoms with E-state index in [1.807, 2.05) is 30.3 Å². The zero-order valence-electron chi connectivity index (χ0n) is 12.5. The van der Waals surface area contributed by atoms with Crippen LogP contribution in [0.2, 0.25) is 0 Å². The Kier molecular flexibility index (Phi) is 5.34. The zero-order chi connectivity index (χ0) is 15.2. The Labute approximate surface area is 131 Å². The van der Waals surface area contributed by atoms with Crippen molar-refractivity contribution in [2.75, 3.05) is 0 Å². The molecule has 0 spiro atoms. The Morgan fingerprint density at radius 2 is 1.67 bits per heavy atom. The molecule has 2 nitrogen and oxygen atoms in total. The topological polar surface area (TPSA) is 35.2 Å². The second kappa shape index (κ2) is 7.23. The van der Waals surface area contributed by atoms with Crippen molar-refractivity contribution in [3.8, 4) is 5.75 Å². The molecule has 0 fully saturated rings. The average Bonchev–Trinajstić information content (AvgIpc) is 2.53. The largest absolute Gasteiger partial charge is 0.489 e. The number of hydrogen-bond donors (Lipinski definition) is 1. The van der Waals surface area contributed by atoms with E-state index in [0.29, 0.717) is 17.5 Å². The molecular weight excluding hydrogens is 278 g/mol. The van der Waals surface area contributed by atoms with Gasteiger partial charge >= 0.3 is 0 Å². The number of benzene rings is 2. The van der Waals surface area contributed by atoms with Crippen LogP contribution in [-0.4, -0.2) is 4.99 Å². The van der Waals surface area contributed by atoms with E-state index in [2.05, 4.69) is 38.1 Å². The van der Waals surface area contributed by atoms with Crippen LogP contribution in [0.1, 0.15) is 30.9 Å². The van der Waals surface area contributed by atoms with E-state index in [0.717, 1.165) is 11.3 Å². The maximum atomic E-state index is 5.78. The molecule has 0 aliphatic carbocycles. The lowest BCUT2D eigenvalue weighted by Gasteiger charge is -2.19. The summed E-state index contributed by atoms with van der Waals surface area (Å²) in [7, 11) is 0. The highest BCUT2D eigenvalue weighted by atomic mass is 32.1. The Morgan fingerprint density at radius 1 is 1.05 bits per heavy atom. The van der Waals surface area contributed by atoms with Gasteiger partial charge in [0.1, 0.15) is 12.4 Å². The Morgan fingerprint density at radius 3 is 2.24 bits per heavy atom. The molecule has 110 valence electrons. The van der Waals surface area contributed by atoms with Crippen LogP contribution in [0.15, 0.2) is 54.6 Å². The van der Waals surface area contributed by atoms with Gasteiger partial charge in [0, 0.05) is 5.92 Å². The molecule has 0 heterocycles. The van der Waals surface area contributed by atoms with E-state index < -0.39 is 0 Å². The van der Waals surface area contributed by atoms with E-state index >= 15 is 0 Å². The molecule has 2 atom stereocenters. The first-order valence-electron chi connectivity index (χ1n) is 7.14. The lowest BCUT2D eigenvalue weighted by molar-refractivity contribution is 0.306. The smallest absolute Gasteiger partial charge is 0.119 e. The second-order valence-corrected chi connectivity index (χ2v) is 5.79. The fraction of sp³-hybridized carbons (Fsp3) is 0.278. The molecule has 21 heavy (non-hydrogen) atoms. The summed E-state index contributed by atoms with van der Waals surface area (Å²) in [6.45, 7) is 4.79. The normalized spacial score (nSPS) is 13.4. The average molecular weight is 299 g/mol. The lowest BCUT2D eigenvalue weighted by Crippen LogP contribution is -2.23. The number of ether oxygens (including phenoxy) is 1. The molecule has 2 aromatic rings. The van der Waals surface area contributed by atoms with Crippen molar-refractivity contribution in [1.29, 1.82) is 0 Å². The van der Waals surface area contributed by atoms with Crippen LogP contribution in [0.3, 0.4) is 0 Å². The van der Waals surface area contributed by atoms with Gasteiger partial charge in [0.05, 0.1) is 4.99 Å². The molecule has 3 heteroatoms. The van der Waals surface area contributed by atoms with Gasteiger partial charge in [-0.2, -0.15) is 0 Å². The van der Waals surface area contributed by atoms with Crippen LogP contribution < -0.4 is 10.5 Å². The van der Waals surface area contributed by atoms with Crippen LogP contribution in [0.5, 0.6) is 5.75 Å². The highest BCUT2D eigenvalue weighted by Crippen LogP contribution is 2.26. The summed E-state index contributed by atoms with van der Waals surface area (Å²) in [4.78, 5) is 0.562. The predicted octanol–water partition coefficient (Wildman–Crippen LogP) is 4.29. The summed E-state index contributed by atoms with van der Waals surface area (Å²) < 4.78 is 5.78. The molecule has 2 unspecified atom stereocenters. The Bertz CT molecular complexity index is 580. The van der Waals surface area contributed by atoms with Crippen LogP contribution in [0.4, 0.5) is 0 Å². The minimum Gasteiger partial charge on any atom is -0.489 e. The highest BCUT2D eigenvalue weighted by Gasteiger charge is 2.16. The summed E-state index contributed by atoms with van der Waals surface area (Å²) in [6.07, 6.45) is 0. The molecule has 2 rings (SSSR count). The van der Waals surface area contributed by atoms with Crippen LogP contribution >= 0.6 is 12.2 Å². The minimum absolute atomic E-state index is 0.191. The number of hydrogen-bond acceptors (Lipinski definition) is 2. The van der Waals surface area contributed by atoms with E-state index in [9.17, 15) is 0 Å². The number of thiocarbonyl (C=S) groups is 1. The quantitative estimate of drug-likeness (QED) is 0.808. The van der Waals surface area contributed by atoms with Gasteiger partial charge in [-0.15, -0.1) is 0 Å². The van der Waals surface area contributed by atoms with Gasteiger partial charge in [0.25, 0.3) is 0 Å². The van der Waals surface area contributed by atoms with Crippen molar-refractivity contribution in [3.63, 3.8) is 0 Å². The standard InChI is InChI=1S/C18H21NOS/c1-13(14(2)18(19)21)16-8-10-17(11-9-16)20-12-15-6-4-3-5-7-15/h3-11,13-14H,12H2,1-2H3,(H2,19,21). The molecule has 0 aliphatic heterocycles. The van der Waals surface area contributed by atoms with Gasteiger partial charge in [-0.05, 0) is 29.2 Å². The summed E-state index contributed by atoms with van der Waals surface area (Å²) in [5.41, 5.74) is 8.11. The van der Waals surface area contributed by atoms with E-state index in [-0.39, 0.29) is 5.92 Å².